The summed E-state index contributed by atoms with van der Waals surface area (Å²) < 4.78 is 17.3. The first-order valence-electron chi connectivity index (χ1n) is 22.8. The molecule has 0 N–H and O–H groups in total. The zero-order chi connectivity index (χ0) is 39.3. The van der Waals surface area contributed by atoms with Gasteiger partial charge in [0.25, 0.3) is 0 Å². The molecular weight excluding hydrogens is 669 g/mol. The normalized spacial score (nSPS) is 12.7. The van der Waals surface area contributed by atoms with Crippen molar-refractivity contribution in [2.75, 3.05) is 19.8 Å². The fourth-order valence-corrected chi connectivity index (χ4v) is 6.15. The molecule has 0 bridgehead atoms. The quantitative estimate of drug-likeness (QED) is 0.0353. The van der Waals surface area contributed by atoms with Crippen LogP contribution in [0.15, 0.2) is 60.8 Å². The molecule has 0 radical (unpaired) electrons. The minimum absolute atomic E-state index is 0.0728. The lowest BCUT2D eigenvalue weighted by molar-refractivity contribution is -0.163. The SMILES string of the molecule is CC/C=C\C/C=C\C/C=C\CCCCCCCCOCC(COC(=O)CCCCCCC/C=C\C/C=C\CCC)OC(=O)CCCCCCCCCCC. The summed E-state index contributed by atoms with van der Waals surface area (Å²) in [5, 5.41) is 0. The van der Waals surface area contributed by atoms with Gasteiger partial charge in [-0.25, -0.2) is 0 Å². The first-order valence-corrected chi connectivity index (χ1v) is 22.8. The Morgan fingerprint density at radius 2 is 0.870 bits per heavy atom. The number of unbranched alkanes of at least 4 members (excludes halogenated alkanes) is 20. The third kappa shape index (κ3) is 42.3. The Balaban J connectivity index is 4.25. The van der Waals surface area contributed by atoms with Gasteiger partial charge in [0.2, 0.25) is 0 Å². The fraction of sp³-hybridized carbons (Fsp3) is 0.755. The Kier molecular flexibility index (Phi) is 43.0. The summed E-state index contributed by atoms with van der Waals surface area (Å²) in [5.74, 6) is -0.423. The van der Waals surface area contributed by atoms with Gasteiger partial charge in [0.1, 0.15) is 6.61 Å². The second-order valence-corrected chi connectivity index (χ2v) is 14.9. The first-order chi connectivity index (χ1) is 26.6. The van der Waals surface area contributed by atoms with Gasteiger partial charge in [-0.1, -0.05) is 184 Å². The Labute approximate surface area is 334 Å². The summed E-state index contributed by atoms with van der Waals surface area (Å²) in [6.45, 7) is 7.60. The van der Waals surface area contributed by atoms with E-state index in [1.807, 2.05) is 0 Å². The highest BCUT2D eigenvalue weighted by atomic mass is 16.6. The van der Waals surface area contributed by atoms with Gasteiger partial charge < -0.3 is 14.2 Å². The summed E-state index contributed by atoms with van der Waals surface area (Å²) in [6.07, 6.45) is 55.0. The van der Waals surface area contributed by atoms with Gasteiger partial charge in [0.15, 0.2) is 6.10 Å². The number of hydrogen-bond acceptors (Lipinski definition) is 5. The third-order valence-corrected chi connectivity index (χ3v) is 9.52. The number of rotatable bonds is 41. The molecule has 0 heterocycles. The molecule has 0 spiro atoms. The molecule has 0 fully saturated rings. The van der Waals surface area contributed by atoms with E-state index in [-0.39, 0.29) is 25.2 Å². The predicted octanol–water partition coefficient (Wildman–Crippen LogP) is 15.0. The lowest BCUT2D eigenvalue weighted by Gasteiger charge is -2.18. The van der Waals surface area contributed by atoms with Crippen LogP contribution < -0.4 is 0 Å². The van der Waals surface area contributed by atoms with E-state index in [0.29, 0.717) is 19.4 Å². The number of ether oxygens (including phenoxy) is 3. The van der Waals surface area contributed by atoms with Crippen LogP contribution in [-0.2, 0) is 23.8 Å². The van der Waals surface area contributed by atoms with Crippen LogP contribution in [0.25, 0.3) is 0 Å². The number of allylic oxidation sites excluding steroid dienone is 10. The van der Waals surface area contributed by atoms with Crippen LogP contribution in [0.1, 0.15) is 213 Å². The van der Waals surface area contributed by atoms with Gasteiger partial charge in [-0.05, 0) is 77.0 Å². The van der Waals surface area contributed by atoms with Gasteiger partial charge in [-0.15, -0.1) is 0 Å². The molecule has 0 amide bonds. The molecule has 312 valence electrons. The standard InChI is InChI=1S/C49H86O5/c1-4-7-10-13-16-19-21-23-24-25-27-29-32-35-38-41-44-52-45-47(54-49(51)43-40-37-34-30-18-15-12-9-6-3)46-53-48(50)42-39-36-33-31-28-26-22-20-17-14-11-8-5-2/h7,10-11,14,16,19-20,22-24,47H,4-6,8-9,12-13,15,17-18,21,25-46H2,1-3H3/b10-7-,14-11-,19-16-,22-20-,24-23-. The van der Waals surface area contributed by atoms with Crippen molar-refractivity contribution in [1.82, 2.24) is 0 Å². The highest BCUT2D eigenvalue weighted by Gasteiger charge is 2.17. The topological polar surface area (TPSA) is 61.8 Å². The second-order valence-electron chi connectivity index (χ2n) is 14.9. The maximum atomic E-state index is 12.7. The molecule has 0 saturated carbocycles. The van der Waals surface area contributed by atoms with Crippen LogP contribution in [0.3, 0.4) is 0 Å². The molecule has 0 aromatic rings. The maximum Gasteiger partial charge on any atom is 0.306 e. The Hall–Kier alpha value is -2.40. The summed E-state index contributed by atoms with van der Waals surface area (Å²) in [6, 6.07) is 0. The van der Waals surface area contributed by atoms with E-state index in [1.165, 1.54) is 96.3 Å². The summed E-state index contributed by atoms with van der Waals surface area (Å²) in [5.41, 5.74) is 0. The van der Waals surface area contributed by atoms with Gasteiger partial charge in [0, 0.05) is 19.4 Å². The number of carbonyl (C=O) groups excluding carboxylic acids is 2. The Morgan fingerprint density at radius 3 is 1.41 bits per heavy atom. The largest absolute Gasteiger partial charge is 0.462 e. The van der Waals surface area contributed by atoms with Gasteiger partial charge in [-0.3, -0.25) is 9.59 Å². The monoisotopic (exact) mass is 755 g/mol. The average molecular weight is 755 g/mol. The zero-order valence-corrected chi connectivity index (χ0v) is 35.7. The predicted molar refractivity (Wildman–Crippen MR) is 233 cm³/mol. The molecule has 0 aliphatic carbocycles. The third-order valence-electron chi connectivity index (χ3n) is 9.52. The van der Waals surface area contributed by atoms with E-state index in [1.54, 1.807) is 0 Å². The van der Waals surface area contributed by atoms with Crippen LogP contribution in [0.2, 0.25) is 0 Å². The van der Waals surface area contributed by atoms with Crippen LogP contribution in [0, 0.1) is 0 Å². The fourth-order valence-electron chi connectivity index (χ4n) is 6.15. The second kappa shape index (κ2) is 45.0. The molecule has 0 aliphatic rings. The van der Waals surface area contributed by atoms with Gasteiger partial charge >= 0.3 is 11.9 Å². The lowest BCUT2D eigenvalue weighted by Crippen LogP contribution is -2.30. The number of carbonyl (C=O) groups is 2. The van der Waals surface area contributed by atoms with E-state index >= 15 is 0 Å². The van der Waals surface area contributed by atoms with E-state index in [4.69, 9.17) is 14.2 Å². The highest BCUT2D eigenvalue weighted by molar-refractivity contribution is 5.70. The minimum atomic E-state index is -0.545. The molecule has 0 aromatic carbocycles. The van der Waals surface area contributed by atoms with Crippen molar-refractivity contribution < 1.29 is 23.8 Å². The molecule has 54 heavy (non-hydrogen) atoms. The van der Waals surface area contributed by atoms with E-state index in [0.717, 1.165) is 83.5 Å². The lowest BCUT2D eigenvalue weighted by atomic mass is 10.1. The maximum absolute atomic E-state index is 12.7. The van der Waals surface area contributed by atoms with Crippen molar-refractivity contribution >= 4 is 11.9 Å². The van der Waals surface area contributed by atoms with Crippen LogP contribution in [-0.4, -0.2) is 37.9 Å². The summed E-state index contributed by atoms with van der Waals surface area (Å²) in [7, 11) is 0. The van der Waals surface area contributed by atoms with Crippen molar-refractivity contribution in [3.63, 3.8) is 0 Å². The highest BCUT2D eigenvalue weighted by Crippen LogP contribution is 2.13. The molecule has 0 aromatic heterocycles. The smallest absolute Gasteiger partial charge is 0.306 e. The number of hydrogen-bond donors (Lipinski definition) is 0. The number of esters is 2. The molecule has 5 heteroatoms. The molecule has 1 atom stereocenters. The van der Waals surface area contributed by atoms with Crippen molar-refractivity contribution in [1.29, 1.82) is 0 Å². The average Bonchev–Trinajstić information content (AvgIpc) is 3.17. The van der Waals surface area contributed by atoms with Gasteiger partial charge in [-0.2, -0.15) is 0 Å². The summed E-state index contributed by atoms with van der Waals surface area (Å²) in [4.78, 5) is 25.2. The van der Waals surface area contributed by atoms with E-state index < -0.39 is 6.10 Å². The zero-order valence-electron chi connectivity index (χ0n) is 35.7. The van der Waals surface area contributed by atoms with E-state index in [2.05, 4.69) is 81.5 Å². The Bertz CT molecular complexity index is 946. The minimum Gasteiger partial charge on any atom is -0.462 e. The van der Waals surface area contributed by atoms with Crippen LogP contribution >= 0.6 is 0 Å². The molecule has 0 saturated heterocycles. The first kappa shape index (κ1) is 51.6. The van der Waals surface area contributed by atoms with Crippen LogP contribution in [0.4, 0.5) is 0 Å². The van der Waals surface area contributed by atoms with Crippen molar-refractivity contribution in [2.45, 2.75) is 219 Å². The molecule has 0 rings (SSSR count). The van der Waals surface area contributed by atoms with Crippen molar-refractivity contribution in [3.05, 3.63) is 60.8 Å². The van der Waals surface area contributed by atoms with Gasteiger partial charge in [0.05, 0.1) is 6.61 Å². The van der Waals surface area contributed by atoms with Crippen molar-refractivity contribution in [2.24, 2.45) is 0 Å². The molecular formula is C49H86O5. The molecule has 1 unspecified atom stereocenters. The summed E-state index contributed by atoms with van der Waals surface area (Å²) >= 11 is 0. The van der Waals surface area contributed by atoms with Crippen LogP contribution in [0.5, 0.6) is 0 Å². The molecule has 5 nitrogen and oxygen atoms in total. The van der Waals surface area contributed by atoms with E-state index in [9.17, 15) is 9.59 Å². The van der Waals surface area contributed by atoms with Crippen molar-refractivity contribution in [3.8, 4) is 0 Å². The Morgan fingerprint density at radius 1 is 0.426 bits per heavy atom. The molecule has 0 aliphatic heterocycles.